The van der Waals surface area contributed by atoms with E-state index in [2.05, 4.69) is 27.1 Å². The molecule has 2 N–H and O–H groups in total. The first-order chi connectivity index (χ1) is 12.2. The fourth-order valence-electron chi connectivity index (χ4n) is 3.92. The molecular weight excluding hydrogens is 318 g/mol. The SMILES string of the molecule is CCCN1CCC(CC(=O)N2CCNC(=O)[C@@H]2Cc2cnc[nH]2)CC1. The summed E-state index contributed by atoms with van der Waals surface area (Å²) in [7, 11) is 0. The fourth-order valence-corrected chi connectivity index (χ4v) is 3.92. The van der Waals surface area contributed by atoms with Gasteiger partial charge in [-0.1, -0.05) is 6.92 Å². The average Bonchev–Trinajstić information content (AvgIpc) is 3.12. The monoisotopic (exact) mass is 347 g/mol. The first kappa shape index (κ1) is 17.9. The van der Waals surface area contributed by atoms with E-state index in [1.54, 1.807) is 17.4 Å². The molecule has 2 aliphatic heterocycles. The first-order valence-corrected chi connectivity index (χ1v) is 9.44. The molecule has 0 aliphatic carbocycles. The minimum atomic E-state index is -0.429. The molecular formula is C18H29N5O2. The number of piperazine rings is 1. The van der Waals surface area contributed by atoms with Gasteiger partial charge in [0.2, 0.25) is 11.8 Å². The van der Waals surface area contributed by atoms with Gasteiger partial charge in [-0.25, -0.2) is 4.98 Å². The number of aromatic nitrogens is 2. The van der Waals surface area contributed by atoms with Crippen molar-refractivity contribution in [2.24, 2.45) is 5.92 Å². The summed E-state index contributed by atoms with van der Waals surface area (Å²) < 4.78 is 0. The van der Waals surface area contributed by atoms with Gasteiger partial charge in [-0.05, 0) is 44.8 Å². The summed E-state index contributed by atoms with van der Waals surface area (Å²) >= 11 is 0. The molecule has 2 fully saturated rings. The quantitative estimate of drug-likeness (QED) is 0.797. The Morgan fingerprint density at radius 3 is 2.80 bits per heavy atom. The minimum absolute atomic E-state index is 0.0630. The van der Waals surface area contributed by atoms with E-state index >= 15 is 0 Å². The number of rotatable bonds is 6. The summed E-state index contributed by atoms with van der Waals surface area (Å²) in [6.07, 6.45) is 7.72. The largest absolute Gasteiger partial charge is 0.353 e. The smallest absolute Gasteiger partial charge is 0.243 e. The van der Waals surface area contributed by atoms with Crippen LogP contribution in [0.2, 0.25) is 0 Å². The number of hydrogen-bond acceptors (Lipinski definition) is 4. The lowest BCUT2D eigenvalue weighted by molar-refractivity contribution is -0.144. The predicted molar refractivity (Wildman–Crippen MR) is 94.9 cm³/mol. The molecule has 1 aromatic rings. The Bertz CT molecular complexity index is 566. The topological polar surface area (TPSA) is 81.3 Å². The number of likely N-dealkylation sites (tertiary alicyclic amines) is 1. The number of carbonyl (C=O) groups excluding carboxylic acids is 2. The van der Waals surface area contributed by atoms with E-state index in [4.69, 9.17) is 0 Å². The Morgan fingerprint density at radius 1 is 1.32 bits per heavy atom. The predicted octanol–water partition coefficient (Wildman–Crippen LogP) is 0.791. The number of nitrogens with zero attached hydrogens (tertiary/aromatic N) is 3. The Kier molecular flexibility index (Phi) is 6.07. The van der Waals surface area contributed by atoms with Crippen molar-refractivity contribution in [3.05, 3.63) is 18.2 Å². The summed E-state index contributed by atoms with van der Waals surface area (Å²) in [5.41, 5.74) is 0.882. The summed E-state index contributed by atoms with van der Waals surface area (Å²) in [5.74, 6) is 0.499. The minimum Gasteiger partial charge on any atom is -0.353 e. The standard InChI is InChI=1S/C18H29N5O2/c1-2-6-22-7-3-14(4-8-22)10-17(24)23-9-5-20-18(25)16(23)11-15-12-19-13-21-15/h12-14,16H,2-11H2,1H3,(H,19,21)(H,20,25)/t16-/m0/s1. The molecule has 2 aliphatic rings. The van der Waals surface area contributed by atoms with Gasteiger partial charge < -0.3 is 20.1 Å². The van der Waals surface area contributed by atoms with Crippen molar-refractivity contribution >= 4 is 11.8 Å². The normalized spacial score (nSPS) is 22.8. The number of hydrogen-bond donors (Lipinski definition) is 2. The number of aromatic amines is 1. The third-order valence-electron chi connectivity index (χ3n) is 5.33. The number of imidazole rings is 1. The number of amides is 2. The summed E-state index contributed by atoms with van der Waals surface area (Å²) in [6, 6.07) is -0.429. The van der Waals surface area contributed by atoms with Gasteiger partial charge in [0.25, 0.3) is 0 Å². The number of piperidine rings is 1. The van der Waals surface area contributed by atoms with E-state index in [-0.39, 0.29) is 11.8 Å². The summed E-state index contributed by atoms with van der Waals surface area (Å²) in [4.78, 5) is 36.5. The van der Waals surface area contributed by atoms with Crippen LogP contribution in [0.25, 0.3) is 0 Å². The van der Waals surface area contributed by atoms with Gasteiger partial charge in [-0.15, -0.1) is 0 Å². The van der Waals surface area contributed by atoms with Gasteiger partial charge in [0.15, 0.2) is 0 Å². The lowest BCUT2D eigenvalue weighted by Gasteiger charge is -2.37. The van der Waals surface area contributed by atoms with Crippen LogP contribution in [-0.2, 0) is 16.0 Å². The molecule has 0 radical (unpaired) electrons. The molecule has 25 heavy (non-hydrogen) atoms. The van der Waals surface area contributed by atoms with Crippen LogP contribution in [0.3, 0.4) is 0 Å². The highest BCUT2D eigenvalue weighted by Gasteiger charge is 2.34. The van der Waals surface area contributed by atoms with Crippen LogP contribution in [0.5, 0.6) is 0 Å². The van der Waals surface area contributed by atoms with E-state index in [9.17, 15) is 9.59 Å². The van der Waals surface area contributed by atoms with Crippen molar-refractivity contribution in [1.29, 1.82) is 0 Å². The molecule has 3 rings (SSSR count). The van der Waals surface area contributed by atoms with Crippen molar-refractivity contribution in [1.82, 2.24) is 25.1 Å². The second-order valence-corrected chi connectivity index (χ2v) is 7.16. The second-order valence-electron chi connectivity index (χ2n) is 7.16. The molecule has 0 saturated carbocycles. The van der Waals surface area contributed by atoms with Gasteiger partial charge in [0, 0.05) is 37.8 Å². The number of carbonyl (C=O) groups is 2. The molecule has 2 amide bonds. The van der Waals surface area contributed by atoms with Crippen molar-refractivity contribution in [2.75, 3.05) is 32.7 Å². The second kappa shape index (κ2) is 8.47. The third kappa shape index (κ3) is 4.60. The van der Waals surface area contributed by atoms with Gasteiger partial charge in [0.05, 0.1) is 6.33 Å². The molecule has 0 bridgehead atoms. The zero-order valence-electron chi connectivity index (χ0n) is 15.0. The molecule has 0 spiro atoms. The average molecular weight is 347 g/mol. The molecule has 1 aromatic heterocycles. The van der Waals surface area contributed by atoms with Crippen LogP contribution in [0, 0.1) is 5.92 Å². The zero-order valence-corrected chi connectivity index (χ0v) is 15.0. The maximum atomic E-state index is 12.9. The highest BCUT2D eigenvalue weighted by Crippen LogP contribution is 2.23. The van der Waals surface area contributed by atoms with Crippen molar-refractivity contribution < 1.29 is 9.59 Å². The van der Waals surface area contributed by atoms with Gasteiger partial charge in [0.1, 0.15) is 6.04 Å². The number of nitrogens with one attached hydrogen (secondary N) is 2. The van der Waals surface area contributed by atoms with E-state index in [1.807, 2.05) is 0 Å². The Hall–Kier alpha value is -1.89. The van der Waals surface area contributed by atoms with Crippen LogP contribution in [0.15, 0.2) is 12.5 Å². The van der Waals surface area contributed by atoms with Crippen LogP contribution in [0.4, 0.5) is 0 Å². The summed E-state index contributed by atoms with van der Waals surface area (Å²) in [6.45, 7) is 6.67. The van der Waals surface area contributed by atoms with E-state index in [1.165, 1.54) is 6.42 Å². The van der Waals surface area contributed by atoms with E-state index < -0.39 is 6.04 Å². The third-order valence-corrected chi connectivity index (χ3v) is 5.33. The Balaban J connectivity index is 1.56. The van der Waals surface area contributed by atoms with Gasteiger partial charge >= 0.3 is 0 Å². The molecule has 0 aromatic carbocycles. The van der Waals surface area contributed by atoms with E-state index in [0.29, 0.717) is 31.8 Å². The lowest BCUT2D eigenvalue weighted by Crippen LogP contribution is -2.58. The molecule has 2 saturated heterocycles. The van der Waals surface area contributed by atoms with Crippen molar-refractivity contribution in [2.45, 2.75) is 45.1 Å². The molecule has 7 nitrogen and oxygen atoms in total. The maximum Gasteiger partial charge on any atom is 0.243 e. The van der Waals surface area contributed by atoms with Gasteiger partial charge in [-0.2, -0.15) is 0 Å². The van der Waals surface area contributed by atoms with Gasteiger partial charge in [-0.3, -0.25) is 9.59 Å². The van der Waals surface area contributed by atoms with Crippen molar-refractivity contribution in [3.8, 4) is 0 Å². The van der Waals surface area contributed by atoms with E-state index in [0.717, 1.165) is 38.2 Å². The molecule has 7 heteroatoms. The molecule has 0 unspecified atom stereocenters. The highest BCUT2D eigenvalue weighted by molar-refractivity contribution is 5.89. The van der Waals surface area contributed by atoms with Crippen LogP contribution in [-0.4, -0.2) is 70.3 Å². The molecule has 3 heterocycles. The number of H-pyrrole nitrogens is 1. The zero-order chi connectivity index (χ0) is 17.6. The fraction of sp³-hybridized carbons (Fsp3) is 0.722. The highest BCUT2D eigenvalue weighted by atomic mass is 16.2. The van der Waals surface area contributed by atoms with Crippen LogP contribution in [0.1, 0.15) is 38.3 Å². The Morgan fingerprint density at radius 2 is 2.12 bits per heavy atom. The van der Waals surface area contributed by atoms with Crippen molar-refractivity contribution in [3.63, 3.8) is 0 Å². The lowest BCUT2D eigenvalue weighted by atomic mass is 9.92. The first-order valence-electron chi connectivity index (χ1n) is 9.44. The summed E-state index contributed by atoms with van der Waals surface area (Å²) in [5, 5.41) is 2.88. The maximum absolute atomic E-state index is 12.9. The molecule has 1 atom stereocenters. The van der Waals surface area contributed by atoms with Crippen LogP contribution >= 0.6 is 0 Å². The Labute approximate surface area is 149 Å². The molecule has 138 valence electrons. The van der Waals surface area contributed by atoms with Crippen LogP contribution < -0.4 is 5.32 Å².